The first kappa shape index (κ1) is 35.2. The van der Waals surface area contributed by atoms with Gasteiger partial charge in [0.25, 0.3) is 10.0 Å². The van der Waals surface area contributed by atoms with Gasteiger partial charge in [0.05, 0.1) is 26.2 Å². The van der Waals surface area contributed by atoms with Crippen LogP contribution in [0.5, 0.6) is 0 Å². The molecule has 0 spiro atoms. The van der Waals surface area contributed by atoms with Crippen molar-refractivity contribution in [2.75, 3.05) is 10.8 Å². The zero-order chi connectivity index (χ0) is 32.8. The van der Waals surface area contributed by atoms with E-state index in [1.807, 2.05) is 6.92 Å². The van der Waals surface area contributed by atoms with Crippen molar-refractivity contribution in [1.82, 2.24) is 10.2 Å². The van der Waals surface area contributed by atoms with Crippen molar-refractivity contribution in [1.29, 1.82) is 0 Å². The summed E-state index contributed by atoms with van der Waals surface area (Å²) in [5.41, 5.74) is -0.176. The first-order valence-electron chi connectivity index (χ1n) is 13.9. The van der Waals surface area contributed by atoms with Crippen LogP contribution in [0.1, 0.15) is 50.3 Å². The summed E-state index contributed by atoms with van der Waals surface area (Å²) in [6, 6.07) is 12.9. The van der Waals surface area contributed by atoms with E-state index in [2.05, 4.69) is 5.32 Å². The topological polar surface area (TPSA) is 86.8 Å². The van der Waals surface area contributed by atoms with Crippen LogP contribution in [0.25, 0.3) is 0 Å². The van der Waals surface area contributed by atoms with E-state index in [4.69, 9.17) is 23.2 Å². The summed E-state index contributed by atoms with van der Waals surface area (Å²) in [6.45, 7) is 6.10. The van der Waals surface area contributed by atoms with Gasteiger partial charge in [-0.1, -0.05) is 66.9 Å². The highest BCUT2D eigenvalue weighted by Crippen LogP contribution is 2.33. The SMILES string of the molecule is CC[C@@H](C)NC(=O)[C@H](CC)N(Cc1ccc(Cl)c(Cl)c1)C(=O)CN(c1cccc(C(F)(F)F)c1)S(=O)(=O)c1ccc(C)cc1. The van der Waals surface area contributed by atoms with Crippen LogP contribution in [-0.2, 0) is 32.3 Å². The van der Waals surface area contributed by atoms with E-state index in [0.29, 0.717) is 22.4 Å². The Labute approximate surface area is 266 Å². The molecule has 0 aliphatic heterocycles. The second-order valence-corrected chi connectivity index (χ2v) is 13.1. The molecule has 3 aromatic carbocycles. The molecule has 7 nitrogen and oxygen atoms in total. The lowest BCUT2D eigenvalue weighted by molar-refractivity contribution is -0.140. The molecular formula is C31H34Cl2F3N3O4S. The summed E-state index contributed by atoms with van der Waals surface area (Å²) in [6.07, 6.45) is -3.97. The second kappa shape index (κ2) is 14.7. The Morgan fingerprint density at radius 2 is 1.59 bits per heavy atom. The van der Waals surface area contributed by atoms with E-state index in [-0.39, 0.29) is 39.6 Å². The van der Waals surface area contributed by atoms with Gasteiger partial charge in [-0.2, -0.15) is 13.2 Å². The zero-order valence-electron chi connectivity index (χ0n) is 24.7. The second-order valence-electron chi connectivity index (χ2n) is 10.4. The van der Waals surface area contributed by atoms with Crippen LogP contribution >= 0.6 is 23.2 Å². The molecule has 0 radical (unpaired) electrons. The number of nitrogens with zero attached hydrogens (tertiary/aromatic N) is 2. The van der Waals surface area contributed by atoms with Gasteiger partial charge in [-0.05, 0) is 74.7 Å². The maximum atomic E-state index is 14.1. The van der Waals surface area contributed by atoms with Gasteiger partial charge in [0.1, 0.15) is 12.6 Å². The molecule has 0 heterocycles. The van der Waals surface area contributed by atoms with Crippen LogP contribution in [0.4, 0.5) is 18.9 Å². The van der Waals surface area contributed by atoms with Gasteiger partial charge in [-0.25, -0.2) is 8.42 Å². The smallest absolute Gasteiger partial charge is 0.352 e. The van der Waals surface area contributed by atoms with Crippen molar-refractivity contribution in [3.8, 4) is 0 Å². The summed E-state index contributed by atoms with van der Waals surface area (Å²) in [7, 11) is -4.54. The number of anilines is 1. The number of aryl methyl sites for hydroxylation is 1. The fraction of sp³-hybridized carbons (Fsp3) is 0.355. The van der Waals surface area contributed by atoms with Crippen molar-refractivity contribution in [2.45, 2.75) is 70.2 Å². The number of carbonyl (C=O) groups is 2. The number of alkyl halides is 3. The van der Waals surface area contributed by atoms with Crippen molar-refractivity contribution >= 4 is 50.7 Å². The minimum absolute atomic E-state index is 0.150. The van der Waals surface area contributed by atoms with Gasteiger partial charge in [0, 0.05) is 12.6 Å². The van der Waals surface area contributed by atoms with Gasteiger partial charge in [-0.3, -0.25) is 13.9 Å². The molecule has 44 heavy (non-hydrogen) atoms. The van der Waals surface area contributed by atoms with E-state index in [9.17, 15) is 31.2 Å². The summed E-state index contributed by atoms with van der Waals surface area (Å²) >= 11 is 12.3. The molecule has 0 aliphatic carbocycles. The van der Waals surface area contributed by atoms with Crippen LogP contribution < -0.4 is 9.62 Å². The van der Waals surface area contributed by atoms with Gasteiger partial charge in [0.2, 0.25) is 11.8 Å². The molecule has 3 rings (SSSR count). The van der Waals surface area contributed by atoms with Crippen LogP contribution in [0, 0.1) is 6.92 Å². The molecular weight excluding hydrogens is 638 g/mol. The number of rotatable bonds is 12. The number of hydrogen-bond donors (Lipinski definition) is 1. The lowest BCUT2D eigenvalue weighted by atomic mass is 10.1. The number of halogens is 5. The number of benzene rings is 3. The highest BCUT2D eigenvalue weighted by Gasteiger charge is 2.36. The van der Waals surface area contributed by atoms with Crippen molar-refractivity contribution in [3.63, 3.8) is 0 Å². The number of hydrogen-bond acceptors (Lipinski definition) is 4. The molecule has 0 saturated heterocycles. The van der Waals surface area contributed by atoms with Crippen LogP contribution in [0.15, 0.2) is 71.6 Å². The third-order valence-electron chi connectivity index (χ3n) is 7.07. The highest BCUT2D eigenvalue weighted by atomic mass is 35.5. The number of amides is 2. The Kier molecular flexibility index (Phi) is 11.7. The Bertz CT molecular complexity index is 1580. The predicted octanol–water partition coefficient (Wildman–Crippen LogP) is 7.24. The maximum Gasteiger partial charge on any atom is 0.416 e. The maximum absolute atomic E-state index is 14.1. The molecule has 13 heteroatoms. The van der Waals surface area contributed by atoms with E-state index in [1.54, 1.807) is 39.0 Å². The Morgan fingerprint density at radius 1 is 0.932 bits per heavy atom. The first-order valence-corrected chi connectivity index (χ1v) is 16.1. The average molecular weight is 673 g/mol. The molecule has 238 valence electrons. The molecule has 1 N–H and O–H groups in total. The first-order chi connectivity index (χ1) is 20.6. The molecule has 2 atom stereocenters. The van der Waals surface area contributed by atoms with Crippen LogP contribution in [0.2, 0.25) is 10.0 Å². The largest absolute Gasteiger partial charge is 0.416 e. The highest BCUT2D eigenvalue weighted by molar-refractivity contribution is 7.92. The van der Waals surface area contributed by atoms with Crippen molar-refractivity contribution in [3.05, 3.63) is 93.5 Å². The minimum Gasteiger partial charge on any atom is -0.352 e. The quantitative estimate of drug-likeness (QED) is 0.220. The van der Waals surface area contributed by atoms with Crippen molar-refractivity contribution in [2.24, 2.45) is 0 Å². The van der Waals surface area contributed by atoms with Crippen LogP contribution in [0.3, 0.4) is 0 Å². The fourth-order valence-electron chi connectivity index (χ4n) is 4.40. The molecule has 0 unspecified atom stereocenters. The third kappa shape index (κ3) is 8.67. The standard InChI is InChI=1S/C31H34Cl2F3N3O4S/c1-5-21(4)37-30(41)28(6-2)38(18-22-12-15-26(32)27(33)16-22)29(40)19-39(24-9-7-8-23(17-24)31(34,35)36)44(42,43)25-13-10-20(3)11-14-25/h7-17,21,28H,5-6,18-19H2,1-4H3,(H,37,41)/t21-,28+/m1/s1. The molecule has 3 aromatic rings. The van der Waals surface area contributed by atoms with Gasteiger partial charge in [0.15, 0.2) is 0 Å². The minimum atomic E-state index is -4.76. The lowest BCUT2D eigenvalue weighted by Gasteiger charge is -2.34. The molecule has 0 aliphatic rings. The van der Waals surface area contributed by atoms with E-state index >= 15 is 0 Å². The normalized spacial score (nSPS) is 13.2. The van der Waals surface area contributed by atoms with Gasteiger partial charge >= 0.3 is 6.18 Å². The van der Waals surface area contributed by atoms with E-state index in [0.717, 1.165) is 17.7 Å². The molecule has 0 saturated carbocycles. The zero-order valence-corrected chi connectivity index (χ0v) is 27.0. The third-order valence-corrected chi connectivity index (χ3v) is 9.60. The lowest BCUT2D eigenvalue weighted by Crippen LogP contribution is -2.53. The predicted molar refractivity (Wildman–Crippen MR) is 166 cm³/mol. The Hall–Kier alpha value is -3.28. The molecule has 0 fully saturated rings. The van der Waals surface area contributed by atoms with Crippen LogP contribution in [-0.4, -0.2) is 43.8 Å². The van der Waals surface area contributed by atoms with Gasteiger partial charge in [-0.15, -0.1) is 0 Å². The molecule has 0 aromatic heterocycles. The molecule has 2 amide bonds. The average Bonchev–Trinajstić information content (AvgIpc) is 2.97. The van der Waals surface area contributed by atoms with E-state index < -0.39 is 46.2 Å². The number of carbonyl (C=O) groups excluding carboxylic acids is 2. The van der Waals surface area contributed by atoms with Crippen molar-refractivity contribution < 1.29 is 31.2 Å². The summed E-state index contributed by atoms with van der Waals surface area (Å²) in [4.78, 5) is 28.5. The monoisotopic (exact) mass is 671 g/mol. The summed E-state index contributed by atoms with van der Waals surface area (Å²) < 4.78 is 69.4. The number of sulfonamides is 1. The summed E-state index contributed by atoms with van der Waals surface area (Å²) in [5, 5.41) is 3.34. The molecule has 0 bridgehead atoms. The van der Waals surface area contributed by atoms with E-state index in [1.165, 1.54) is 35.2 Å². The summed E-state index contributed by atoms with van der Waals surface area (Å²) in [5.74, 6) is -1.27. The number of nitrogens with one attached hydrogen (secondary N) is 1. The fourth-order valence-corrected chi connectivity index (χ4v) is 6.13. The Balaban J connectivity index is 2.14. The Morgan fingerprint density at radius 3 is 2.16 bits per heavy atom. The van der Waals surface area contributed by atoms with Gasteiger partial charge < -0.3 is 10.2 Å².